The molecule has 0 spiro atoms. The third-order valence-electron chi connectivity index (χ3n) is 2.12. The smallest absolute Gasteiger partial charge is 0.364 e. The van der Waals surface area contributed by atoms with Gasteiger partial charge in [0, 0.05) is 13.0 Å². The van der Waals surface area contributed by atoms with Gasteiger partial charge in [0.05, 0.1) is 4.92 Å². The van der Waals surface area contributed by atoms with Crippen molar-refractivity contribution in [3.05, 3.63) is 21.6 Å². The van der Waals surface area contributed by atoms with E-state index < -0.39 is 17.5 Å². The first-order valence-electron chi connectivity index (χ1n) is 5.27. The number of rotatable bonds is 6. The second-order valence-corrected chi connectivity index (χ2v) is 3.97. The lowest BCUT2D eigenvalue weighted by molar-refractivity contribution is -0.384. The Morgan fingerprint density at radius 3 is 2.68 bits per heavy atom. The highest BCUT2D eigenvalue weighted by Crippen LogP contribution is 2.24. The van der Waals surface area contributed by atoms with Gasteiger partial charge in [-0.2, -0.15) is 18.2 Å². The Morgan fingerprint density at radius 1 is 1.42 bits per heavy atom. The molecule has 0 saturated heterocycles. The summed E-state index contributed by atoms with van der Waals surface area (Å²) in [6.07, 6.45) is -4.00. The molecule has 0 aliphatic rings. The zero-order valence-electron chi connectivity index (χ0n) is 9.58. The van der Waals surface area contributed by atoms with Crippen LogP contribution in [0.3, 0.4) is 0 Å². The molecule has 1 aromatic rings. The van der Waals surface area contributed by atoms with Gasteiger partial charge >= 0.3 is 11.9 Å². The van der Waals surface area contributed by atoms with Crippen molar-refractivity contribution in [1.82, 2.24) is 9.97 Å². The monoisotopic (exact) mass is 298 g/mol. The van der Waals surface area contributed by atoms with Crippen LogP contribution in [-0.4, -0.2) is 27.6 Å². The molecule has 0 radical (unpaired) electrons. The summed E-state index contributed by atoms with van der Waals surface area (Å²) < 4.78 is 35.6. The Morgan fingerprint density at radius 2 is 2.11 bits per heavy atom. The van der Waals surface area contributed by atoms with Crippen LogP contribution < -0.4 is 5.32 Å². The maximum Gasteiger partial charge on any atom is 0.389 e. The zero-order chi connectivity index (χ0) is 14.5. The van der Waals surface area contributed by atoms with E-state index in [0.29, 0.717) is 0 Å². The largest absolute Gasteiger partial charge is 0.389 e. The lowest BCUT2D eigenvalue weighted by atomic mass is 10.2. The summed E-state index contributed by atoms with van der Waals surface area (Å²) in [6, 6.07) is 0. The molecular formula is C9H10ClF3N4O2. The predicted octanol–water partition coefficient (Wildman–Crippen LogP) is 3.18. The van der Waals surface area contributed by atoms with E-state index >= 15 is 0 Å². The van der Waals surface area contributed by atoms with Crippen molar-refractivity contribution in [2.75, 3.05) is 11.9 Å². The Bertz CT molecular complexity index is 456. The molecule has 1 aromatic heterocycles. The molecule has 1 heterocycles. The average Bonchev–Trinajstić information content (AvgIpc) is 2.26. The Balaban J connectivity index is 2.49. The number of alkyl halides is 3. The number of nitro groups is 1. The fourth-order valence-corrected chi connectivity index (χ4v) is 1.41. The van der Waals surface area contributed by atoms with Gasteiger partial charge in [-0.15, -0.1) is 0 Å². The first kappa shape index (κ1) is 15.4. The summed E-state index contributed by atoms with van der Waals surface area (Å²) in [6.45, 7) is 0.129. The van der Waals surface area contributed by atoms with Crippen LogP contribution in [-0.2, 0) is 0 Å². The molecule has 19 heavy (non-hydrogen) atoms. The lowest BCUT2D eigenvalue weighted by Crippen LogP contribution is -2.10. The van der Waals surface area contributed by atoms with Gasteiger partial charge < -0.3 is 5.32 Å². The maximum absolute atomic E-state index is 11.9. The summed E-state index contributed by atoms with van der Waals surface area (Å²) in [5.41, 5.74) is -0.375. The highest BCUT2D eigenvalue weighted by Gasteiger charge is 2.25. The van der Waals surface area contributed by atoms with Gasteiger partial charge in [-0.25, -0.2) is 4.98 Å². The Labute approximate surface area is 111 Å². The molecular weight excluding hydrogens is 289 g/mol. The quantitative estimate of drug-likeness (QED) is 0.377. The van der Waals surface area contributed by atoms with Gasteiger partial charge in [-0.05, 0) is 24.4 Å². The summed E-state index contributed by atoms with van der Waals surface area (Å²) in [4.78, 5) is 17.0. The SMILES string of the molecule is O=[N+]([O-])c1cnc(Cl)nc1NCCCCC(F)(F)F. The maximum atomic E-state index is 11.9. The molecule has 6 nitrogen and oxygen atoms in total. The van der Waals surface area contributed by atoms with Crippen LogP contribution in [0.25, 0.3) is 0 Å². The average molecular weight is 299 g/mol. The minimum absolute atomic E-state index is 0.0664. The number of hydrogen-bond acceptors (Lipinski definition) is 5. The van der Waals surface area contributed by atoms with Crippen LogP contribution in [0.1, 0.15) is 19.3 Å². The van der Waals surface area contributed by atoms with Crippen LogP contribution in [0.4, 0.5) is 24.7 Å². The summed E-state index contributed by atoms with van der Waals surface area (Å²) in [7, 11) is 0. The number of anilines is 1. The van der Waals surface area contributed by atoms with Crippen molar-refractivity contribution in [3.8, 4) is 0 Å². The highest BCUT2D eigenvalue weighted by atomic mass is 35.5. The molecule has 0 bridgehead atoms. The number of halogens is 4. The molecule has 0 saturated carbocycles. The third-order valence-corrected chi connectivity index (χ3v) is 2.30. The van der Waals surface area contributed by atoms with E-state index in [4.69, 9.17) is 11.6 Å². The second kappa shape index (κ2) is 6.50. The molecule has 0 aliphatic heterocycles. The van der Waals surface area contributed by atoms with Crippen molar-refractivity contribution in [3.63, 3.8) is 0 Å². The molecule has 10 heteroatoms. The molecule has 0 unspecified atom stereocenters. The lowest BCUT2D eigenvalue weighted by Gasteiger charge is -2.07. The topological polar surface area (TPSA) is 81.0 Å². The molecule has 0 aromatic carbocycles. The van der Waals surface area contributed by atoms with E-state index in [-0.39, 0.29) is 36.2 Å². The second-order valence-electron chi connectivity index (χ2n) is 3.63. The molecule has 0 aliphatic carbocycles. The first-order chi connectivity index (χ1) is 8.79. The van der Waals surface area contributed by atoms with E-state index in [1.165, 1.54) is 0 Å². The Hall–Kier alpha value is -1.64. The van der Waals surface area contributed by atoms with Gasteiger partial charge in [-0.1, -0.05) is 0 Å². The van der Waals surface area contributed by atoms with E-state index in [0.717, 1.165) is 6.20 Å². The number of nitrogens with zero attached hydrogens (tertiary/aromatic N) is 3. The first-order valence-corrected chi connectivity index (χ1v) is 5.65. The summed E-state index contributed by atoms with van der Waals surface area (Å²) >= 11 is 5.49. The van der Waals surface area contributed by atoms with Crippen LogP contribution in [0, 0.1) is 10.1 Å². The zero-order valence-corrected chi connectivity index (χ0v) is 10.3. The molecule has 1 N–H and O–H groups in total. The number of nitrogens with one attached hydrogen (secondary N) is 1. The van der Waals surface area contributed by atoms with Gasteiger partial charge in [0.25, 0.3) is 0 Å². The van der Waals surface area contributed by atoms with Crippen molar-refractivity contribution < 1.29 is 18.1 Å². The van der Waals surface area contributed by atoms with E-state index in [2.05, 4.69) is 15.3 Å². The summed E-state index contributed by atoms with van der Waals surface area (Å²) in [5.74, 6) is -0.1000. The fraction of sp³-hybridized carbons (Fsp3) is 0.556. The van der Waals surface area contributed by atoms with Crippen LogP contribution >= 0.6 is 11.6 Å². The fourth-order valence-electron chi connectivity index (χ4n) is 1.27. The Kier molecular flexibility index (Phi) is 5.28. The highest BCUT2D eigenvalue weighted by molar-refractivity contribution is 6.28. The minimum Gasteiger partial charge on any atom is -0.364 e. The number of hydrogen-bond donors (Lipinski definition) is 1. The van der Waals surface area contributed by atoms with Crippen molar-refractivity contribution in [1.29, 1.82) is 0 Å². The van der Waals surface area contributed by atoms with Gasteiger partial charge in [-0.3, -0.25) is 10.1 Å². The number of unbranched alkanes of at least 4 members (excludes halogenated alkanes) is 1. The molecule has 0 fully saturated rings. The van der Waals surface area contributed by atoms with Gasteiger partial charge in [0.1, 0.15) is 6.20 Å². The molecule has 1 rings (SSSR count). The van der Waals surface area contributed by atoms with Gasteiger partial charge in [0.2, 0.25) is 11.1 Å². The molecule has 0 amide bonds. The van der Waals surface area contributed by atoms with Crippen molar-refractivity contribution in [2.24, 2.45) is 0 Å². The number of aromatic nitrogens is 2. The van der Waals surface area contributed by atoms with E-state index in [9.17, 15) is 23.3 Å². The molecule has 0 atom stereocenters. The van der Waals surface area contributed by atoms with E-state index in [1.807, 2.05) is 0 Å². The van der Waals surface area contributed by atoms with E-state index in [1.54, 1.807) is 0 Å². The molecule has 106 valence electrons. The standard InChI is InChI=1S/C9H10ClF3N4O2/c10-8-15-5-6(17(18)19)7(16-8)14-4-2-1-3-9(11,12)13/h5H,1-4H2,(H,14,15,16). The predicted molar refractivity (Wildman–Crippen MR) is 62.1 cm³/mol. The van der Waals surface area contributed by atoms with Crippen LogP contribution in [0.2, 0.25) is 5.28 Å². The summed E-state index contributed by atoms with van der Waals surface area (Å²) in [5, 5.41) is 13.0. The van der Waals surface area contributed by atoms with Crippen molar-refractivity contribution in [2.45, 2.75) is 25.4 Å². The van der Waals surface area contributed by atoms with Crippen LogP contribution in [0.15, 0.2) is 6.20 Å². The third kappa shape index (κ3) is 5.69. The van der Waals surface area contributed by atoms with Crippen molar-refractivity contribution >= 4 is 23.1 Å². The van der Waals surface area contributed by atoms with Gasteiger partial charge in [0.15, 0.2) is 0 Å². The normalized spacial score (nSPS) is 11.4. The minimum atomic E-state index is -4.19. The van der Waals surface area contributed by atoms with Crippen LogP contribution in [0.5, 0.6) is 0 Å².